The lowest BCUT2D eigenvalue weighted by molar-refractivity contribution is 0.414. The van der Waals surface area contributed by atoms with Gasteiger partial charge in [0.2, 0.25) is 0 Å². The summed E-state index contributed by atoms with van der Waals surface area (Å²) in [6, 6.07) is 10.8. The Balaban J connectivity index is 1.92. The summed E-state index contributed by atoms with van der Waals surface area (Å²) in [5.74, 6) is 1.13. The normalized spacial score (nSPS) is 11.3. The Morgan fingerprint density at radius 3 is 2.52 bits per heavy atom. The fraction of sp³-hybridized carbons (Fsp3) is 0.261. The maximum atomic E-state index is 13.1. The van der Waals surface area contributed by atoms with Crippen molar-refractivity contribution in [3.8, 4) is 11.4 Å². The highest BCUT2D eigenvalue weighted by atomic mass is 35.5. The van der Waals surface area contributed by atoms with E-state index in [1.807, 2.05) is 38.1 Å². The van der Waals surface area contributed by atoms with Crippen molar-refractivity contribution in [2.45, 2.75) is 32.7 Å². The fourth-order valence-corrected chi connectivity index (χ4v) is 4.39. The predicted molar refractivity (Wildman–Crippen MR) is 129 cm³/mol. The van der Waals surface area contributed by atoms with Crippen LogP contribution in [0, 0.1) is 4.91 Å². The number of methoxy groups -OCH3 is 1. The Morgan fingerprint density at radius 1 is 1.15 bits per heavy atom. The molecule has 2 heterocycles. The van der Waals surface area contributed by atoms with E-state index in [0.29, 0.717) is 46.0 Å². The van der Waals surface area contributed by atoms with Crippen LogP contribution in [-0.2, 0) is 13.0 Å². The molecule has 1 N–H and O–H groups in total. The number of fused-ring (bicyclic) bond motifs is 1. The second kappa shape index (κ2) is 9.33. The summed E-state index contributed by atoms with van der Waals surface area (Å²) in [6.07, 6.45) is 0.385. The van der Waals surface area contributed by atoms with Crippen LogP contribution in [0.25, 0.3) is 16.7 Å². The highest BCUT2D eigenvalue weighted by molar-refractivity contribution is 6.38. The minimum atomic E-state index is -0.290. The van der Waals surface area contributed by atoms with Crippen LogP contribution in [0.4, 0.5) is 0 Å². The van der Waals surface area contributed by atoms with Crippen LogP contribution in [0.5, 0.6) is 5.75 Å². The number of aromatic amines is 1. The van der Waals surface area contributed by atoms with E-state index in [1.165, 1.54) is 4.68 Å². The molecule has 0 saturated heterocycles. The second-order valence-corrected chi connectivity index (χ2v) is 8.70. The number of H-pyrrole nitrogens is 1. The number of ether oxygens (including phenoxy) is 1. The average Bonchev–Trinajstić information content (AvgIpc) is 3.14. The van der Waals surface area contributed by atoms with Crippen molar-refractivity contribution in [2.24, 2.45) is 5.18 Å². The van der Waals surface area contributed by atoms with Crippen molar-refractivity contribution in [3.05, 3.63) is 84.3 Å². The summed E-state index contributed by atoms with van der Waals surface area (Å²) < 4.78 is 6.78. The molecule has 0 amide bonds. The lowest BCUT2D eigenvalue weighted by Gasteiger charge is -2.10. The predicted octanol–water partition coefficient (Wildman–Crippen LogP) is 5.40. The maximum absolute atomic E-state index is 13.1. The van der Waals surface area contributed by atoms with Crippen molar-refractivity contribution < 1.29 is 4.74 Å². The zero-order valence-corrected chi connectivity index (χ0v) is 19.7. The molecule has 0 aliphatic carbocycles. The molecule has 0 unspecified atom stereocenters. The number of nitrogens with one attached hydrogen (secondary N) is 1. The molecule has 0 aliphatic heterocycles. The molecule has 0 fully saturated rings. The number of hydrogen-bond donors (Lipinski definition) is 1. The van der Waals surface area contributed by atoms with Crippen molar-refractivity contribution in [2.75, 3.05) is 7.11 Å². The number of aromatic nitrogens is 4. The van der Waals surface area contributed by atoms with Crippen molar-refractivity contribution in [1.29, 1.82) is 0 Å². The largest absolute Gasteiger partial charge is 0.497 e. The third-order valence-electron chi connectivity index (χ3n) is 5.20. The van der Waals surface area contributed by atoms with E-state index in [4.69, 9.17) is 32.9 Å². The van der Waals surface area contributed by atoms with Gasteiger partial charge in [-0.1, -0.05) is 54.4 Å². The van der Waals surface area contributed by atoms with E-state index in [2.05, 4.69) is 15.3 Å². The molecule has 33 heavy (non-hydrogen) atoms. The van der Waals surface area contributed by atoms with E-state index in [0.717, 1.165) is 5.56 Å². The standard InChI is InChI=1S/C23H21Cl2N5O3/c1-12(2)20-19-22(30(29-20)21-16(24)8-14(11-26-32)9-17(21)25)27-18(28-23(19)31)10-13-5-4-6-15(7-13)33-3/h4-9,12H,10-11H2,1-3H3,(H,27,28,31). The van der Waals surface area contributed by atoms with Gasteiger partial charge in [0.1, 0.15) is 29.2 Å². The lowest BCUT2D eigenvalue weighted by atomic mass is 10.1. The van der Waals surface area contributed by atoms with Crippen LogP contribution in [0.1, 0.15) is 42.4 Å². The first-order valence-electron chi connectivity index (χ1n) is 10.2. The molecule has 0 bridgehead atoms. The maximum Gasteiger partial charge on any atom is 0.262 e. The summed E-state index contributed by atoms with van der Waals surface area (Å²) in [5.41, 5.74) is 2.53. The minimum absolute atomic E-state index is 0.0445. The van der Waals surface area contributed by atoms with Crippen LogP contribution in [0.15, 0.2) is 46.4 Å². The van der Waals surface area contributed by atoms with Gasteiger partial charge in [0.05, 0.1) is 22.8 Å². The Morgan fingerprint density at radius 2 is 1.88 bits per heavy atom. The second-order valence-electron chi connectivity index (χ2n) is 7.89. The molecular formula is C23H21Cl2N5O3. The van der Waals surface area contributed by atoms with Gasteiger partial charge >= 0.3 is 0 Å². The Hall–Kier alpha value is -3.23. The molecule has 170 valence electrons. The van der Waals surface area contributed by atoms with Crippen LogP contribution >= 0.6 is 23.2 Å². The zero-order valence-electron chi connectivity index (χ0n) is 18.2. The van der Waals surface area contributed by atoms with Crippen LogP contribution in [0.2, 0.25) is 10.0 Å². The first-order valence-corrected chi connectivity index (χ1v) is 11.0. The molecule has 0 saturated carbocycles. The molecule has 10 heteroatoms. The molecule has 8 nitrogen and oxygen atoms in total. The van der Waals surface area contributed by atoms with Gasteiger partial charge in [-0.3, -0.25) is 4.79 Å². The highest BCUT2D eigenvalue weighted by Gasteiger charge is 2.23. The number of halogens is 2. The van der Waals surface area contributed by atoms with Gasteiger partial charge in [0.15, 0.2) is 5.65 Å². The van der Waals surface area contributed by atoms with Gasteiger partial charge < -0.3 is 9.72 Å². The first kappa shape index (κ1) is 22.9. The molecule has 2 aromatic heterocycles. The van der Waals surface area contributed by atoms with E-state index < -0.39 is 0 Å². The number of nitroso groups, excluding NO2 is 1. The van der Waals surface area contributed by atoms with Gasteiger partial charge in [-0.25, -0.2) is 9.67 Å². The molecule has 0 radical (unpaired) electrons. The Labute approximate surface area is 199 Å². The number of hydrogen-bond acceptors (Lipinski definition) is 6. The van der Waals surface area contributed by atoms with E-state index in [-0.39, 0.29) is 28.1 Å². The molecule has 2 aromatic carbocycles. The number of rotatable bonds is 7. The van der Waals surface area contributed by atoms with Gasteiger partial charge in [-0.05, 0) is 41.3 Å². The lowest BCUT2D eigenvalue weighted by Crippen LogP contribution is -2.14. The van der Waals surface area contributed by atoms with E-state index >= 15 is 0 Å². The van der Waals surface area contributed by atoms with Crippen LogP contribution in [0.3, 0.4) is 0 Å². The summed E-state index contributed by atoms with van der Waals surface area (Å²) >= 11 is 13.0. The van der Waals surface area contributed by atoms with Gasteiger partial charge in [0.25, 0.3) is 5.56 Å². The SMILES string of the molecule is COc1cccc(Cc2nc3c(c(C(C)C)nn3-c3c(Cl)cc(CN=O)cc3Cl)c(=O)[nH]2)c1. The zero-order chi connectivity index (χ0) is 23.7. The topological polar surface area (TPSA) is 102 Å². The minimum Gasteiger partial charge on any atom is -0.497 e. The summed E-state index contributed by atoms with van der Waals surface area (Å²) in [5, 5.41) is 8.47. The summed E-state index contributed by atoms with van der Waals surface area (Å²) in [7, 11) is 1.60. The van der Waals surface area contributed by atoms with Gasteiger partial charge in [-0.2, -0.15) is 10.0 Å². The van der Waals surface area contributed by atoms with Crippen LogP contribution in [-0.4, -0.2) is 26.9 Å². The quantitative estimate of drug-likeness (QED) is 0.352. The van der Waals surface area contributed by atoms with Gasteiger partial charge in [0, 0.05) is 6.42 Å². The molecule has 4 rings (SSSR count). The Kier molecular flexibility index (Phi) is 6.49. The molecule has 0 aliphatic rings. The Bertz CT molecular complexity index is 1390. The smallest absolute Gasteiger partial charge is 0.262 e. The summed E-state index contributed by atoms with van der Waals surface area (Å²) in [6.45, 7) is 3.83. The number of benzene rings is 2. The third-order valence-corrected chi connectivity index (χ3v) is 5.78. The summed E-state index contributed by atoms with van der Waals surface area (Å²) in [4.78, 5) is 31.4. The fourth-order valence-electron chi connectivity index (χ4n) is 3.70. The molecule has 4 aromatic rings. The highest BCUT2D eigenvalue weighted by Crippen LogP contribution is 2.33. The van der Waals surface area contributed by atoms with Crippen molar-refractivity contribution >= 4 is 34.2 Å². The average molecular weight is 486 g/mol. The van der Waals surface area contributed by atoms with Crippen LogP contribution < -0.4 is 10.3 Å². The van der Waals surface area contributed by atoms with Gasteiger partial charge in [-0.15, -0.1) is 0 Å². The third kappa shape index (κ3) is 4.49. The first-order chi connectivity index (χ1) is 15.8. The van der Waals surface area contributed by atoms with E-state index in [9.17, 15) is 9.70 Å². The molecular weight excluding hydrogens is 465 g/mol. The molecule has 0 atom stereocenters. The van der Waals surface area contributed by atoms with Crippen molar-refractivity contribution in [1.82, 2.24) is 19.7 Å². The molecule has 0 spiro atoms. The monoisotopic (exact) mass is 485 g/mol. The van der Waals surface area contributed by atoms with E-state index in [1.54, 1.807) is 19.2 Å². The number of nitrogens with zero attached hydrogens (tertiary/aromatic N) is 4. The van der Waals surface area contributed by atoms with Crippen molar-refractivity contribution in [3.63, 3.8) is 0 Å².